The van der Waals surface area contributed by atoms with Gasteiger partial charge in [-0.05, 0) is 30.5 Å². The Labute approximate surface area is 147 Å². The summed E-state index contributed by atoms with van der Waals surface area (Å²) in [5, 5.41) is 18.1. The number of unbranched alkanes of at least 4 members (excludes halogenated alkanes) is 4. The van der Waals surface area contributed by atoms with Crippen molar-refractivity contribution < 1.29 is 29.3 Å². The SMILES string of the molecule is CC(C)CCCCCCCOC(=O)c1ccc(C(=O)O)cc1C(=O)O. The van der Waals surface area contributed by atoms with Crippen molar-refractivity contribution in [3.63, 3.8) is 0 Å². The zero-order valence-electron chi connectivity index (χ0n) is 14.8. The van der Waals surface area contributed by atoms with E-state index in [1.54, 1.807) is 0 Å². The van der Waals surface area contributed by atoms with Crippen molar-refractivity contribution in [2.24, 2.45) is 5.92 Å². The van der Waals surface area contributed by atoms with Crippen LogP contribution in [0.25, 0.3) is 0 Å². The predicted molar refractivity (Wildman–Crippen MR) is 93.2 cm³/mol. The molecule has 0 atom stereocenters. The van der Waals surface area contributed by atoms with Crippen LogP contribution in [0.4, 0.5) is 0 Å². The molecule has 0 saturated carbocycles. The van der Waals surface area contributed by atoms with Crippen LogP contribution in [-0.4, -0.2) is 34.7 Å². The molecule has 2 N–H and O–H groups in total. The molecular formula is C19H26O6. The van der Waals surface area contributed by atoms with Gasteiger partial charge in [-0.2, -0.15) is 0 Å². The lowest BCUT2D eigenvalue weighted by atomic mass is 10.0. The third-order valence-corrected chi connectivity index (χ3v) is 3.88. The zero-order valence-corrected chi connectivity index (χ0v) is 14.8. The number of carboxylic acid groups (broad SMARTS) is 2. The van der Waals surface area contributed by atoms with Gasteiger partial charge in [-0.15, -0.1) is 0 Å². The number of carbonyl (C=O) groups is 3. The van der Waals surface area contributed by atoms with Crippen LogP contribution >= 0.6 is 0 Å². The van der Waals surface area contributed by atoms with Crippen LogP contribution < -0.4 is 0 Å². The van der Waals surface area contributed by atoms with Gasteiger partial charge in [-0.3, -0.25) is 0 Å². The van der Waals surface area contributed by atoms with Crippen molar-refractivity contribution in [3.05, 3.63) is 34.9 Å². The average molecular weight is 350 g/mol. The van der Waals surface area contributed by atoms with E-state index in [4.69, 9.17) is 14.9 Å². The van der Waals surface area contributed by atoms with Gasteiger partial charge in [-0.25, -0.2) is 14.4 Å². The van der Waals surface area contributed by atoms with Gasteiger partial charge in [0.25, 0.3) is 0 Å². The van der Waals surface area contributed by atoms with E-state index in [1.165, 1.54) is 25.0 Å². The van der Waals surface area contributed by atoms with Crippen molar-refractivity contribution >= 4 is 17.9 Å². The fraction of sp³-hybridized carbons (Fsp3) is 0.526. The maximum absolute atomic E-state index is 12.0. The van der Waals surface area contributed by atoms with Gasteiger partial charge in [0.05, 0.1) is 23.3 Å². The summed E-state index contributed by atoms with van der Waals surface area (Å²) in [5.74, 6) is -2.63. The first-order chi connectivity index (χ1) is 11.8. The molecule has 0 aliphatic carbocycles. The second-order valence-electron chi connectivity index (χ2n) is 6.46. The molecule has 1 aromatic rings. The smallest absolute Gasteiger partial charge is 0.339 e. The first-order valence-corrected chi connectivity index (χ1v) is 8.60. The minimum absolute atomic E-state index is 0.130. The highest BCUT2D eigenvalue weighted by Gasteiger charge is 2.19. The number of benzene rings is 1. The third-order valence-electron chi connectivity index (χ3n) is 3.88. The minimum atomic E-state index is -1.36. The van der Waals surface area contributed by atoms with Crippen LogP contribution in [0.5, 0.6) is 0 Å². The lowest BCUT2D eigenvalue weighted by Crippen LogP contribution is -2.13. The van der Waals surface area contributed by atoms with Crippen LogP contribution in [0.1, 0.15) is 83.4 Å². The molecule has 138 valence electrons. The van der Waals surface area contributed by atoms with Crippen molar-refractivity contribution in [1.82, 2.24) is 0 Å². The van der Waals surface area contributed by atoms with Gasteiger partial charge >= 0.3 is 17.9 Å². The quantitative estimate of drug-likeness (QED) is 0.457. The topological polar surface area (TPSA) is 101 Å². The van der Waals surface area contributed by atoms with Gasteiger partial charge in [-0.1, -0.05) is 46.0 Å². The van der Waals surface area contributed by atoms with E-state index in [0.717, 1.165) is 37.7 Å². The van der Waals surface area contributed by atoms with Crippen LogP contribution in [0.15, 0.2) is 18.2 Å². The Morgan fingerprint density at radius 1 is 0.920 bits per heavy atom. The van der Waals surface area contributed by atoms with Crippen molar-refractivity contribution in [2.45, 2.75) is 52.4 Å². The number of hydrogen-bond donors (Lipinski definition) is 2. The molecule has 0 radical (unpaired) electrons. The average Bonchev–Trinajstić information content (AvgIpc) is 2.56. The number of aromatic carboxylic acids is 2. The van der Waals surface area contributed by atoms with E-state index in [-0.39, 0.29) is 23.3 Å². The number of ether oxygens (including phenoxy) is 1. The molecule has 6 heteroatoms. The summed E-state index contributed by atoms with van der Waals surface area (Å²) in [7, 11) is 0. The number of hydrogen-bond acceptors (Lipinski definition) is 4. The van der Waals surface area contributed by atoms with Crippen LogP contribution in [0, 0.1) is 5.92 Å². The molecule has 25 heavy (non-hydrogen) atoms. The lowest BCUT2D eigenvalue weighted by molar-refractivity contribution is 0.0486. The number of carbonyl (C=O) groups excluding carboxylic acids is 1. The summed E-state index contributed by atoms with van der Waals surface area (Å²) in [5.41, 5.74) is -0.677. The Balaban J connectivity index is 2.44. The first kappa shape index (κ1) is 20.7. The molecule has 0 aliphatic heterocycles. The second-order valence-corrected chi connectivity index (χ2v) is 6.46. The standard InChI is InChI=1S/C19H26O6/c1-13(2)8-6-4-3-5-7-11-25-19(24)15-10-9-14(17(20)21)12-16(15)18(22)23/h9-10,12-13H,3-8,11H2,1-2H3,(H,20,21)(H,22,23). The van der Waals surface area contributed by atoms with E-state index < -0.39 is 17.9 Å². The maximum Gasteiger partial charge on any atom is 0.339 e. The molecule has 0 spiro atoms. The highest BCUT2D eigenvalue weighted by atomic mass is 16.5. The molecule has 0 bridgehead atoms. The largest absolute Gasteiger partial charge is 0.478 e. The monoisotopic (exact) mass is 350 g/mol. The number of esters is 1. The number of carboxylic acids is 2. The third kappa shape index (κ3) is 7.37. The highest BCUT2D eigenvalue weighted by molar-refractivity contribution is 6.04. The Morgan fingerprint density at radius 3 is 2.16 bits per heavy atom. The van der Waals surface area contributed by atoms with Gasteiger partial charge in [0.2, 0.25) is 0 Å². The molecule has 0 heterocycles. The molecule has 1 rings (SSSR count). The molecular weight excluding hydrogens is 324 g/mol. The van der Waals surface area contributed by atoms with E-state index in [9.17, 15) is 14.4 Å². The fourth-order valence-electron chi connectivity index (χ4n) is 2.46. The summed E-state index contributed by atoms with van der Waals surface area (Å²) in [4.78, 5) is 34.2. The molecule has 6 nitrogen and oxygen atoms in total. The highest BCUT2D eigenvalue weighted by Crippen LogP contribution is 2.15. The van der Waals surface area contributed by atoms with Gasteiger partial charge in [0.1, 0.15) is 0 Å². The molecule has 0 saturated heterocycles. The Hall–Kier alpha value is -2.37. The van der Waals surface area contributed by atoms with Crippen LogP contribution in [0.3, 0.4) is 0 Å². The molecule has 0 aliphatic rings. The maximum atomic E-state index is 12.0. The van der Waals surface area contributed by atoms with Crippen molar-refractivity contribution in [2.75, 3.05) is 6.61 Å². The Bertz CT molecular complexity index is 606. The summed E-state index contributed by atoms with van der Waals surface area (Å²) in [6, 6.07) is 3.34. The Morgan fingerprint density at radius 2 is 1.56 bits per heavy atom. The molecule has 0 aromatic heterocycles. The summed E-state index contributed by atoms with van der Waals surface area (Å²) in [6.07, 6.45) is 6.34. The van der Waals surface area contributed by atoms with E-state index in [0.29, 0.717) is 0 Å². The van der Waals surface area contributed by atoms with Crippen molar-refractivity contribution in [3.8, 4) is 0 Å². The first-order valence-electron chi connectivity index (χ1n) is 8.60. The molecule has 0 fully saturated rings. The summed E-state index contributed by atoms with van der Waals surface area (Å²) < 4.78 is 5.11. The van der Waals surface area contributed by atoms with E-state index >= 15 is 0 Å². The Kier molecular flexibility index (Phi) is 8.67. The number of rotatable bonds is 11. The van der Waals surface area contributed by atoms with E-state index in [1.807, 2.05) is 0 Å². The minimum Gasteiger partial charge on any atom is -0.478 e. The second kappa shape index (κ2) is 10.5. The van der Waals surface area contributed by atoms with Crippen LogP contribution in [0.2, 0.25) is 0 Å². The lowest BCUT2D eigenvalue weighted by Gasteiger charge is -2.08. The molecule has 0 amide bonds. The predicted octanol–water partition coefficient (Wildman–Crippen LogP) is 4.24. The van der Waals surface area contributed by atoms with Gasteiger partial charge in [0, 0.05) is 0 Å². The zero-order chi connectivity index (χ0) is 18.8. The summed E-state index contributed by atoms with van der Waals surface area (Å²) in [6.45, 7) is 4.63. The molecule has 1 aromatic carbocycles. The van der Waals surface area contributed by atoms with Gasteiger partial charge in [0.15, 0.2) is 0 Å². The molecule has 0 unspecified atom stereocenters. The van der Waals surface area contributed by atoms with Crippen molar-refractivity contribution in [1.29, 1.82) is 0 Å². The van der Waals surface area contributed by atoms with E-state index in [2.05, 4.69) is 13.8 Å². The van der Waals surface area contributed by atoms with Crippen LogP contribution in [-0.2, 0) is 4.74 Å². The normalized spacial score (nSPS) is 10.7. The fourth-order valence-corrected chi connectivity index (χ4v) is 2.46. The van der Waals surface area contributed by atoms with Gasteiger partial charge < -0.3 is 14.9 Å². The summed E-state index contributed by atoms with van der Waals surface area (Å²) >= 11 is 0.